The number of likely N-dealkylation sites (tertiary alicyclic amines) is 1. The average Bonchev–Trinajstić information content (AvgIpc) is 2.99. The summed E-state index contributed by atoms with van der Waals surface area (Å²) < 4.78 is 5.30. The van der Waals surface area contributed by atoms with Crippen molar-refractivity contribution in [2.45, 2.75) is 84.0 Å². The standard InChI is InChI=1S/C18H35NO2/c1-2-3-4-5-6-7-8-9-10-13-18(20)21-17-16-19-14-11-12-15-19/h2-17H2,1H3. The maximum atomic E-state index is 11.6. The van der Waals surface area contributed by atoms with E-state index in [1.54, 1.807) is 0 Å². The summed E-state index contributed by atoms with van der Waals surface area (Å²) in [7, 11) is 0. The highest BCUT2D eigenvalue weighted by molar-refractivity contribution is 5.69. The summed E-state index contributed by atoms with van der Waals surface area (Å²) in [4.78, 5) is 14.0. The molecule has 0 N–H and O–H groups in total. The monoisotopic (exact) mass is 297 g/mol. The molecular formula is C18H35NO2. The first kappa shape index (κ1) is 18.5. The zero-order chi connectivity index (χ0) is 15.2. The predicted octanol–water partition coefficient (Wildman–Crippen LogP) is 4.55. The normalized spacial score (nSPS) is 15.5. The summed E-state index contributed by atoms with van der Waals surface area (Å²) in [5.74, 6) is -0.00265. The molecule has 1 fully saturated rings. The smallest absolute Gasteiger partial charge is 0.305 e. The minimum absolute atomic E-state index is 0.00265. The molecule has 0 amide bonds. The molecule has 0 aromatic heterocycles. The first-order valence-electron chi connectivity index (χ1n) is 9.21. The molecule has 0 bridgehead atoms. The van der Waals surface area contributed by atoms with Gasteiger partial charge in [0.05, 0.1) is 0 Å². The number of hydrogen-bond donors (Lipinski definition) is 0. The van der Waals surface area contributed by atoms with Crippen molar-refractivity contribution in [3.8, 4) is 0 Å². The lowest BCUT2D eigenvalue weighted by Gasteiger charge is -2.14. The molecule has 0 saturated carbocycles. The molecule has 1 aliphatic rings. The summed E-state index contributed by atoms with van der Waals surface area (Å²) >= 11 is 0. The van der Waals surface area contributed by atoms with E-state index in [-0.39, 0.29) is 5.97 Å². The highest BCUT2D eigenvalue weighted by Crippen LogP contribution is 2.11. The molecule has 1 saturated heterocycles. The van der Waals surface area contributed by atoms with E-state index in [0.29, 0.717) is 13.0 Å². The maximum Gasteiger partial charge on any atom is 0.305 e. The van der Waals surface area contributed by atoms with Crippen molar-refractivity contribution in [2.24, 2.45) is 0 Å². The van der Waals surface area contributed by atoms with Crippen LogP contribution in [0, 0.1) is 0 Å². The van der Waals surface area contributed by atoms with Crippen LogP contribution in [-0.4, -0.2) is 37.1 Å². The van der Waals surface area contributed by atoms with E-state index in [0.717, 1.165) is 13.0 Å². The van der Waals surface area contributed by atoms with Crippen LogP contribution in [0.2, 0.25) is 0 Å². The molecule has 0 unspecified atom stereocenters. The van der Waals surface area contributed by atoms with E-state index in [1.807, 2.05) is 0 Å². The van der Waals surface area contributed by atoms with Crippen molar-refractivity contribution in [1.82, 2.24) is 4.90 Å². The van der Waals surface area contributed by atoms with Crippen molar-refractivity contribution >= 4 is 5.97 Å². The van der Waals surface area contributed by atoms with Gasteiger partial charge in [0.1, 0.15) is 6.61 Å². The van der Waals surface area contributed by atoms with Gasteiger partial charge in [0.2, 0.25) is 0 Å². The van der Waals surface area contributed by atoms with E-state index in [9.17, 15) is 4.79 Å². The predicted molar refractivity (Wildman–Crippen MR) is 88.5 cm³/mol. The third-order valence-electron chi connectivity index (χ3n) is 4.35. The number of carbonyl (C=O) groups is 1. The number of unbranched alkanes of at least 4 members (excludes halogenated alkanes) is 8. The lowest BCUT2D eigenvalue weighted by molar-refractivity contribution is -0.144. The first-order valence-corrected chi connectivity index (χ1v) is 9.21. The van der Waals surface area contributed by atoms with E-state index in [4.69, 9.17) is 4.74 Å². The Morgan fingerprint density at radius 2 is 1.48 bits per heavy atom. The molecule has 3 nitrogen and oxygen atoms in total. The number of hydrogen-bond acceptors (Lipinski definition) is 3. The molecule has 3 heteroatoms. The molecule has 124 valence electrons. The van der Waals surface area contributed by atoms with Gasteiger partial charge < -0.3 is 4.74 Å². The Morgan fingerprint density at radius 3 is 2.10 bits per heavy atom. The van der Waals surface area contributed by atoms with Crippen LogP contribution in [0.15, 0.2) is 0 Å². The Hall–Kier alpha value is -0.570. The molecule has 1 heterocycles. The molecule has 0 aromatic carbocycles. The van der Waals surface area contributed by atoms with E-state index >= 15 is 0 Å². The number of nitrogens with zero attached hydrogens (tertiary/aromatic N) is 1. The molecule has 0 radical (unpaired) electrons. The minimum atomic E-state index is -0.00265. The summed E-state index contributed by atoms with van der Waals surface area (Å²) in [6, 6.07) is 0. The van der Waals surface area contributed by atoms with E-state index in [2.05, 4.69) is 11.8 Å². The van der Waals surface area contributed by atoms with Gasteiger partial charge in [0.15, 0.2) is 0 Å². The summed E-state index contributed by atoms with van der Waals surface area (Å²) in [5.41, 5.74) is 0. The van der Waals surface area contributed by atoms with Crippen molar-refractivity contribution in [3.05, 3.63) is 0 Å². The summed E-state index contributed by atoms with van der Waals surface area (Å²) in [6.45, 7) is 6.11. The van der Waals surface area contributed by atoms with Crippen LogP contribution in [0.25, 0.3) is 0 Å². The Kier molecular flexibility index (Phi) is 11.5. The summed E-state index contributed by atoms with van der Waals surface area (Å²) in [5, 5.41) is 0. The van der Waals surface area contributed by atoms with Crippen LogP contribution in [0.3, 0.4) is 0 Å². The molecular weight excluding hydrogens is 262 g/mol. The van der Waals surface area contributed by atoms with Gasteiger partial charge in [-0.15, -0.1) is 0 Å². The number of carbonyl (C=O) groups excluding carboxylic acids is 1. The minimum Gasteiger partial charge on any atom is -0.464 e. The van der Waals surface area contributed by atoms with Crippen molar-refractivity contribution in [1.29, 1.82) is 0 Å². The SMILES string of the molecule is CCCCCCCCCCCC(=O)OCCN1CCCC1. The highest BCUT2D eigenvalue weighted by Gasteiger charge is 2.11. The number of esters is 1. The third-order valence-corrected chi connectivity index (χ3v) is 4.35. The molecule has 0 spiro atoms. The molecule has 0 aliphatic carbocycles. The van der Waals surface area contributed by atoms with Crippen LogP contribution in [-0.2, 0) is 9.53 Å². The Morgan fingerprint density at radius 1 is 0.905 bits per heavy atom. The van der Waals surface area contributed by atoms with Crippen LogP contribution >= 0.6 is 0 Å². The first-order chi connectivity index (χ1) is 10.3. The quantitative estimate of drug-likeness (QED) is 0.369. The van der Waals surface area contributed by atoms with Crippen molar-refractivity contribution in [2.75, 3.05) is 26.2 Å². The van der Waals surface area contributed by atoms with Gasteiger partial charge in [-0.25, -0.2) is 0 Å². The fraction of sp³-hybridized carbons (Fsp3) is 0.944. The maximum absolute atomic E-state index is 11.6. The zero-order valence-electron chi connectivity index (χ0n) is 14.1. The topological polar surface area (TPSA) is 29.5 Å². The second kappa shape index (κ2) is 13.1. The molecule has 0 aromatic rings. The van der Waals surface area contributed by atoms with Crippen LogP contribution < -0.4 is 0 Å². The fourth-order valence-electron chi connectivity index (χ4n) is 2.95. The Bertz CT molecular complexity index is 250. The number of ether oxygens (including phenoxy) is 1. The van der Waals surface area contributed by atoms with Gasteiger partial charge in [-0.1, -0.05) is 58.3 Å². The van der Waals surface area contributed by atoms with Gasteiger partial charge >= 0.3 is 5.97 Å². The van der Waals surface area contributed by atoms with Crippen molar-refractivity contribution < 1.29 is 9.53 Å². The van der Waals surface area contributed by atoms with Gasteiger partial charge in [-0.2, -0.15) is 0 Å². The number of rotatable bonds is 13. The molecule has 1 aliphatic heterocycles. The van der Waals surface area contributed by atoms with Gasteiger partial charge in [-0.3, -0.25) is 9.69 Å². The lowest BCUT2D eigenvalue weighted by Crippen LogP contribution is -2.25. The Balaban J connectivity index is 1.78. The van der Waals surface area contributed by atoms with E-state index in [1.165, 1.54) is 77.3 Å². The van der Waals surface area contributed by atoms with E-state index < -0.39 is 0 Å². The van der Waals surface area contributed by atoms with Crippen molar-refractivity contribution in [3.63, 3.8) is 0 Å². The highest BCUT2D eigenvalue weighted by atomic mass is 16.5. The second-order valence-electron chi connectivity index (χ2n) is 6.35. The second-order valence-corrected chi connectivity index (χ2v) is 6.35. The third kappa shape index (κ3) is 10.8. The fourth-order valence-corrected chi connectivity index (χ4v) is 2.95. The average molecular weight is 297 g/mol. The molecule has 21 heavy (non-hydrogen) atoms. The Labute approximate surface area is 131 Å². The van der Waals surface area contributed by atoms with Gasteiger partial charge in [0, 0.05) is 13.0 Å². The van der Waals surface area contributed by atoms with Crippen LogP contribution in [0.5, 0.6) is 0 Å². The van der Waals surface area contributed by atoms with Gasteiger partial charge in [-0.05, 0) is 32.4 Å². The lowest BCUT2D eigenvalue weighted by atomic mass is 10.1. The summed E-state index contributed by atoms with van der Waals surface area (Å²) in [6.07, 6.45) is 14.8. The zero-order valence-corrected chi connectivity index (χ0v) is 14.1. The van der Waals surface area contributed by atoms with Crippen LogP contribution in [0.4, 0.5) is 0 Å². The molecule has 0 atom stereocenters. The van der Waals surface area contributed by atoms with Crippen LogP contribution in [0.1, 0.15) is 84.0 Å². The van der Waals surface area contributed by atoms with Gasteiger partial charge in [0.25, 0.3) is 0 Å². The largest absolute Gasteiger partial charge is 0.464 e. The molecule has 1 rings (SSSR count).